The number of hydrogen-bond acceptors (Lipinski definition) is 6. The monoisotopic (exact) mass is 494 g/mol. The Morgan fingerprint density at radius 2 is 1.86 bits per heavy atom. The Labute approximate surface area is 206 Å². The number of ether oxygens (including phenoxy) is 1. The van der Waals surface area contributed by atoms with Crippen molar-refractivity contribution < 1.29 is 17.9 Å². The van der Waals surface area contributed by atoms with Crippen molar-refractivity contribution in [2.45, 2.75) is 25.2 Å². The Bertz CT molecular complexity index is 1340. The van der Waals surface area contributed by atoms with Gasteiger partial charge in [-0.3, -0.25) is 14.3 Å². The van der Waals surface area contributed by atoms with Crippen molar-refractivity contribution in [1.82, 2.24) is 9.47 Å². The molecule has 1 aromatic heterocycles. The van der Waals surface area contributed by atoms with Gasteiger partial charge in [0.25, 0.3) is 0 Å². The van der Waals surface area contributed by atoms with Crippen LogP contribution in [0.25, 0.3) is 5.69 Å². The Morgan fingerprint density at radius 1 is 1.14 bits per heavy atom. The lowest BCUT2D eigenvalue weighted by atomic mass is 10.2. The summed E-state index contributed by atoms with van der Waals surface area (Å²) in [5.41, 5.74) is 3.05. The number of likely N-dealkylation sites (N-methyl/N-ethyl adjacent to an activating group) is 1. The molecule has 184 valence electrons. The second-order valence-corrected chi connectivity index (χ2v) is 10.5. The summed E-state index contributed by atoms with van der Waals surface area (Å²) in [5.74, 6) is 0.742. The maximum absolute atomic E-state index is 12.8. The molecule has 3 aromatic rings. The zero-order valence-electron chi connectivity index (χ0n) is 20.4. The first-order valence-electron chi connectivity index (χ1n) is 11.2. The summed E-state index contributed by atoms with van der Waals surface area (Å²) in [6.07, 6.45) is 1.81. The Balaban J connectivity index is 1.58. The molecule has 1 heterocycles. The highest BCUT2D eigenvalue weighted by molar-refractivity contribution is 7.90. The lowest BCUT2D eigenvalue weighted by Crippen LogP contribution is -2.32. The molecular formula is C26H30N4O4S. The molecule has 1 N–H and O–H groups in total. The fourth-order valence-corrected chi connectivity index (χ4v) is 4.43. The summed E-state index contributed by atoms with van der Waals surface area (Å²) in [6.45, 7) is 4.93. The second-order valence-electron chi connectivity index (χ2n) is 8.45. The Morgan fingerprint density at radius 3 is 2.51 bits per heavy atom. The molecule has 0 aliphatic heterocycles. The number of hydrogen-bond donors (Lipinski definition) is 1. The number of amides is 1. The second kappa shape index (κ2) is 11.2. The highest BCUT2D eigenvalue weighted by atomic mass is 32.2. The van der Waals surface area contributed by atoms with Crippen molar-refractivity contribution in [2.75, 3.05) is 38.3 Å². The first-order chi connectivity index (χ1) is 16.6. The minimum absolute atomic E-state index is 0.145. The lowest BCUT2D eigenvalue weighted by Gasteiger charge is -2.18. The average molecular weight is 495 g/mol. The summed E-state index contributed by atoms with van der Waals surface area (Å²) >= 11 is 0. The molecule has 0 unspecified atom stereocenters. The number of carbonyl (C=O) groups excluding carboxylic acids is 1. The minimum Gasteiger partial charge on any atom is -0.494 e. The summed E-state index contributed by atoms with van der Waals surface area (Å²) in [6, 6.07) is 18.2. The van der Waals surface area contributed by atoms with Crippen LogP contribution in [-0.2, 0) is 14.6 Å². The molecule has 0 saturated heterocycles. The van der Waals surface area contributed by atoms with Crippen LogP contribution in [0.1, 0.15) is 23.2 Å². The first-order valence-corrected chi connectivity index (χ1v) is 13.1. The van der Waals surface area contributed by atoms with Crippen molar-refractivity contribution in [2.24, 2.45) is 0 Å². The van der Waals surface area contributed by atoms with Crippen molar-refractivity contribution in [1.29, 1.82) is 5.26 Å². The predicted octanol–water partition coefficient (Wildman–Crippen LogP) is 3.71. The molecule has 8 nitrogen and oxygen atoms in total. The van der Waals surface area contributed by atoms with E-state index in [4.69, 9.17) is 4.74 Å². The molecule has 9 heteroatoms. The first kappa shape index (κ1) is 26.0. The van der Waals surface area contributed by atoms with Crippen LogP contribution in [0, 0.1) is 25.2 Å². The normalized spacial score (nSPS) is 11.3. The number of nitriles is 1. The summed E-state index contributed by atoms with van der Waals surface area (Å²) in [5, 5.41) is 12.6. The number of para-hydroxylation sites is 1. The van der Waals surface area contributed by atoms with Crippen LogP contribution in [0.15, 0.2) is 59.5 Å². The third-order valence-electron chi connectivity index (χ3n) is 5.70. The van der Waals surface area contributed by atoms with E-state index in [1.165, 1.54) is 12.1 Å². The standard InChI is InChI=1S/C26H30N4O4S/c1-19-20(2)30(21-10-6-5-7-11-21)26(24(19)17-27)28-25(31)18-29(3)14-9-15-34-22-12-8-13-23(16-22)35(4,32)33/h5-8,10-13,16H,9,14-15,18H2,1-4H3,(H,28,31). The molecule has 0 fully saturated rings. The van der Waals surface area contributed by atoms with Gasteiger partial charge in [-0.05, 0) is 63.2 Å². The Kier molecular flexibility index (Phi) is 8.33. The molecule has 0 saturated carbocycles. The smallest absolute Gasteiger partial charge is 0.239 e. The van der Waals surface area contributed by atoms with E-state index in [2.05, 4.69) is 11.4 Å². The van der Waals surface area contributed by atoms with Gasteiger partial charge < -0.3 is 10.1 Å². The van der Waals surface area contributed by atoms with Crippen molar-refractivity contribution in [3.8, 4) is 17.5 Å². The SMILES string of the molecule is Cc1c(C#N)c(NC(=O)CN(C)CCCOc2cccc(S(C)(=O)=O)c2)n(-c2ccccc2)c1C. The molecule has 0 atom stereocenters. The van der Waals surface area contributed by atoms with Crippen LogP contribution in [0.5, 0.6) is 5.75 Å². The minimum atomic E-state index is -3.29. The van der Waals surface area contributed by atoms with E-state index < -0.39 is 9.84 Å². The van der Waals surface area contributed by atoms with Crippen LogP contribution in [-0.4, -0.2) is 56.8 Å². The number of nitrogens with one attached hydrogen (secondary N) is 1. The van der Waals surface area contributed by atoms with Gasteiger partial charge in [0.05, 0.1) is 23.6 Å². The molecule has 0 aliphatic rings. The number of nitrogens with zero attached hydrogens (tertiary/aromatic N) is 3. The van der Waals surface area contributed by atoms with E-state index in [1.54, 1.807) is 12.1 Å². The number of aromatic nitrogens is 1. The van der Waals surface area contributed by atoms with E-state index in [0.717, 1.165) is 23.2 Å². The molecule has 0 bridgehead atoms. The molecule has 35 heavy (non-hydrogen) atoms. The van der Waals surface area contributed by atoms with E-state index in [-0.39, 0.29) is 17.3 Å². The van der Waals surface area contributed by atoms with Crippen LogP contribution in [0.4, 0.5) is 5.82 Å². The van der Waals surface area contributed by atoms with Gasteiger partial charge >= 0.3 is 0 Å². The van der Waals surface area contributed by atoms with Gasteiger partial charge in [-0.1, -0.05) is 24.3 Å². The van der Waals surface area contributed by atoms with Crippen LogP contribution < -0.4 is 10.1 Å². The average Bonchev–Trinajstić information content (AvgIpc) is 3.05. The highest BCUT2D eigenvalue weighted by Crippen LogP contribution is 2.29. The van der Waals surface area contributed by atoms with Crippen LogP contribution in [0.2, 0.25) is 0 Å². The van der Waals surface area contributed by atoms with E-state index in [9.17, 15) is 18.5 Å². The van der Waals surface area contributed by atoms with Gasteiger partial charge in [0.2, 0.25) is 5.91 Å². The van der Waals surface area contributed by atoms with Crippen LogP contribution in [0.3, 0.4) is 0 Å². The maximum Gasteiger partial charge on any atom is 0.239 e. The van der Waals surface area contributed by atoms with Crippen LogP contribution >= 0.6 is 0 Å². The quantitative estimate of drug-likeness (QED) is 0.431. The number of rotatable bonds is 10. The maximum atomic E-state index is 12.8. The van der Waals surface area contributed by atoms with Gasteiger partial charge in [0, 0.05) is 24.2 Å². The fourth-order valence-electron chi connectivity index (χ4n) is 3.78. The molecule has 0 spiro atoms. The third kappa shape index (κ3) is 6.50. The van der Waals surface area contributed by atoms with Gasteiger partial charge in [-0.25, -0.2) is 8.42 Å². The van der Waals surface area contributed by atoms with E-state index in [0.29, 0.717) is 36.7 Å². The van der Waals surface area contributed by atoms with E-state index in [1.807, 2.05) is 60.7 Å². The largest absolute Gasteiger partial charge is 0.494 e. The number of carbonyl (C=O) groups is 1. The molecular weight excluding hydrogens is 464 g/mol. The van der Waals surface area contributed by atoms with Crippen molar-refractivity contribution in [3.05, 3.63) is 71.4 Å². The fraction of sp³-hybridized carbons (Fsp3) is 0.308. The molecule has 1 amide bonds. The number of sulfone groups is 1. The lowest BCUT2D eigenvalue weighted by molar-refractivity contribution is -0.117. The predicted molar refractivity (Wildman–Crippen MR) is 136 cm³/mol. The number of benzene rings is 2. The summed E-state index contributed by atoms with van der Waals surface area (Å²) in [4.78, 5) is 14.9. The zero-order valence-corrected chi connectivity index (χ0v) is 21.2. The molecule has 0 radical (unpaired) electrons. The van der Waals surface area contributed by atoms with Crippen molar-refractivity contribution >= 4 is 21.6 Å². The van der Waals surface area contributed by atoms with Crippen molar-refractivity contribution in [3.63, 3.8) is 0 Å². The summed E-state index contributed by atoms with van der Waals surface area (Å²) in [7, 11) is -1.46. The molecule has 2 aromatic carbocycles. The van der Waals surface area contributed by atoms with Gasteiger partial charge in [-0.15, -0.1) is 0 Å². The zero-order chi connectivity index (χ0) is 25.6. The third-order valence-corrected chi connectivity index (χ3v) is 6.81. The topological polar surface area (TPSA) is 104 Å². The molecule has 0 aliphatic carbocycles. The Hall–Kier alpha value is -3.61. The van der Waals surface area contributed by atoms with Gasteiger partial charge in [-0.2, -0.15) is 5.26 Å². The highest BCUT2D eigenvalue weighted by Gasteiger charge is 2.21. The van der Waals surface area contributed by atoms with Gasteiger partial charge in [0.1, 0.15) is 17.6 Å². The molecule has 3 rings (SSSR count). The van der Waals surface area contributed by atoms with Gasteiger partial charge in [0.15, 0.2) is 9.84 Å². The number of anilines is 1. The van der Waals surface area contributed by atoms with E-state index >= 15 is 0 Å². The summed E-state index contributed by atoms with van der Waals surface area (Å²) < 4.78 is 30.9.